The minimum Gasteiger partial charge on any atom is -0.279 e. The van der Waals surface area contributed by atoms with Crippen LogP contribution in [0.25, 0.3) is 10.2 Å². The van der Waals surface area contributed by atoms with Crippen LogP contribution in [0.3, 0.4) is 0 Å². The molecule has 4 nitrogen and oxygen atoms in total. The SMILES string of the molecule is O=C(c1ccc(Cl)s1)N(Cc1cccnc1)c1nc2ccc(Cl)cc2s1. The Hall–Kier alpha value is -1.99. The number of amides is 1. The normalized spacial score (nSPS) is 11.0. The zero-order chi connectivity index (χ0) is 18.1. The minimum absolute atomic E-state index is 0.143. The summed E-state index contributed by atoms with van der Waals surface area (Å²) in [6, 6.07) is 12.7. The van der Waals surface area contributed by atoms with E-state index in [1.807, 2.05) is 24.3 Å². The molecular formula is C18H11Cl2N3OS2. The lowest BCUT2D eigenvalue weighted by Crippen LogP contribution is -2.29. The van der Waals surface area contributed by atoms with Gasteiger partial charge in [0.1, 0.15) is 0 Å². The number of hydrogen-bond donors (Lipinski definition) is 0. The largest absolute Gasteiger partial charge is 0.279 e. The Morgan fingerprint density at radius 1 is 1.12 bits per heavy atom. The summed E-state index contributed by atoms with van der Waals surface area (Å²) < 4.78 is 1.51. The summed E-state index contributed by atoms with van der Waals surface area (Å²) in [5.74, 6) is -0.143. The molecule has 3 aromatic heterocycles. The molecule has 0 bridgehead atoms. The Kier molecular flexibility index (Phi) is 4.91. The molecule has 0 aliphatic rings. The molecule has 1 aromatic carbocycles. The molecule has 0 atom stereocenters. The first kappa shape index (κ1) is 17.4. The topological polar surface area (TPSA) is 46.1 Å². The Morgan fingerprint density at radius 2 is 2.00 bits per heavy atom. The number of benzene rings is 1. The molecule has 0 unspecified atom stereocenters. The third-order valence-electron chi connectivity index (χ3n) is 3.66. The number of halogens is 2. The predicted octanol–water partition coefficient (Wildman–Crippen LogP) is 5.91. The van der Waals surface area contributed by atoms with E-state index in [1.165, 1.54) is 22.7 Å². The fourth-order valence-electron chi connectivity index (χ4n) is 2.46. The van der Waals surface area contributed by atoms with Gasteiger partial charge in [-0.05, 0) is 42.0 Å². The first-order chi connectivity index (χ1) is 12.6. The van der Waals surface area contributed by atoms with Crippen molar-refractivity contribution in [3.8, 4) is 0 Å². The van der Waals surface area contributed by atoms with E-state index in [1.54, 1.807) is 35.5 Å². The van der Waals surface area contributed by atoms with Crippen molar-refractivity contribution in [2.24, 2.45) is 0 Å². The van der Waals surface area contributed by atoms with Gasteiger partial charge in [0, 0.05) is 17.4 Å². The average molecular weight is 420 g/mol. The number of carbonyl (C=O) groups is 1. The Balaban J connectivity index is 1.76. The number of thiazole rings is 1. The zero-order valence-corrected chi connectivity index (χ0v) is 16.4. The lowest BCUT2D eigenvalue weighted by atomic mass is 10.2. The second-order valence-electron chi connectivity index (χ2n) is 5.46. The van der Waals surface area contributed by atoms with E-state index in [-0.39, 0.29) is 5.91 Å². The highest BCUT2D eigenvalue weighted by Crippen LogP contribution is 2.33. The summed E-state index contributed by atoms with van der Waals surface area (Å²) in [5, 5.41) is 1.25. The number of rotatable bonds is 4. The molecule has 0 N–H and O–H groups in total. The van der Waals surface area contributed by atoms with Crippen molar-refractivity contribution in [1.82, 2.24) is 9.97 Å². The van der Waals surface area contributed by atoms with Gasteiger partial charge in [0.25, 0.3) is 5.91 Å². The zero-order valence-electron chi connectivity index (χ0n) is 13.2. The van der Waals surface area contributed by atoms with Crippen LogP contribution in [-0.2, 0) is 6.54 Å². The van der Waals surface area contributed by atoms with Crippen molar-refractivity contribution in [2.75, 3.05) is 4.90 Å². The number of carbonyl (C=O) groups excluding carboxylic acids is 1. The molecule has 0 aliphatic carbocycles. The molecule has 0 saturated heterocycles. The third-order valence-corrected chi connectivity index (χ3v) is 6.16. The lowest BCUT2D eigenvalue weighted by molar-refractivity contribution is 0.0989. The molecule has 0 saturated carbocycles. The van der Waals surface area contributed by atoms with Crippen LogP contribution in [0.2, 0.25) is 9.36 Å². The van der Waals surface area contributed by atoms with Gasteiger partial charge in [-0.15, -0.1) is 11.3 Å². The third kappa shape index (κ3) is 3.59. The molecule has 26 heavy (non-hydrogen) atoms. The van der Waals surface area contributed by atoms with Gasteiger partial charge in [-0.2, -0.15) is 0 Å². The number of fused-ring (bicyclic) bond motifs is 1. The predicted molar refractivity (Wildman–Crippen MR) is 109 cm³/mol. The van der Waals surface area contributed by atoms with Gasteiger partial charge >= 0.3 is 0 Å². The molecule has 0 fully saturated rings. The van der Waals surface area contributed by atoms with Crippen molar-refractivity contribution < 1.29 is 4.79 Å². The van der Waals surface area contributed by atoms with Gasteiger partial charge in [-0.3, -0.25) is 14.7 Å². The molecular weight excluding hydrogens is 409 g/mol. The monoisotopic (exact) mass is 419 g/mol. The van der Waals surface area contributed by atoms with Crippen LogP contribution in [-0.4, -0.2) is 15.9 Å². The summed E-state index contributed by atoms with van der Waals surface area (Å²) in [5.41, 5.74) is 1.73. The number of nitrogens with zero attached hydrogens (tertiary/aromatic N) is 3. The second-order valence-corrected chi connectivity index (χ2v) is 8.63. The van der Waals surface area contributed by atoms with Gasteiger partial charge in [0.15, 0.2) is 5.13 Å². The number of pyridine rings is 1. The molecule has 0 spiro atoms. The van der Waals surface area contributed by atoms with Crippen LogP contribution >= 0.6 is 45.9 Å². The van der Waals surface area contributed by atoms with Crippen LogP contribution in [0.15, 0.2) is 54.9 Å². The summed E-state index contributed by atoms with van der Waals surface area (Å²) >= 11 is 14.8. The maximum absolute atomic E-state index is 13.1. The van der Waals surface area contributed by atoms with Crippen LogP contribution < -0.4 is 4.90 Å². The minimum atomic E-state index is -0.143. The molecule has 8 heteroatoms. The van der Waals surface area contributed by atoms with Gasteiger partial charge < -0.3 is 0 Å². The van der Waals surface area contributed by atoms with E-state index in [0.717, 1.165) is 15.8 Å². The van der Waals surface area contributed by atoms with E-state index < -0.39 is 0 Å². The van der Waals surface area contributed by atoms with Crippen LogP contribution in [0.5, 0.6) is 0 Å². The highest BCUT2D eigenvalue weighted by atomic mass is 35.5. The van der Waals surface area contributed by atoms with Gasteiger partial charge in [0.2, 0.25) is 0 Å². The Labute approximate surface area is 167 Å². The molecule has 0 aliphatic heterocycles. The highest BCUT2D eigenvalue weighted by molar-refractivity contribution is 7.22. The van der Waals surface area contributed by atoms with Gasteiger partial charge in [0.05, 0.1) is 26.0 Å². The smallest absolute Gasteiger partial charge is 0.270 e. The molecule has 3 heterocycles. The lowest BCUT2D eigenvalue weighted by Gasteiger charge is -2.19. The fourth-order valence-corrected chi connectivity index (χ4v) is 4.70. The average Bonchev–Trinajstić information content (AvgIpc) is 3.25. The molecule has 1 amide bonds. The fraction of sp³-hybridized carbons (Fsp3) is 0.0556. The molecule has 4 rings (SSSR count). The molecule has 0 radical (unpaired) electrons. The van der Waals surface area contributed by atoms with E-state index in [9.17, 15) is 4.79 Å². The quantitative estimate of drug-likeness (QED) is 0.413. The summed E-state index contributed by atoms with van der Waals surface area (Å²) in [6.45, 7) is 0.371. The van der Waals surface area contributed by atoms with E-state index in [4.69, 9.17) is 23.2 Å². The Bertz CT molecular complexity index is 1080. The second kappa shape index (κ2) is 7.32. The first-order valence-electron chi connectivity index (χ1n) is 7.62. The van der Waals surface area contributed by atoms with E-state index in [0.29, 0.717) is 25.9 Å². The van der Waals surface area contributed by atoms with Crippen LogP contribution in [0.4, 0.5) is 5.13 Å². The van der Waals surface area contributed by atoms with Crippen molar-refractivity contribution >= 4 is 67.1 Å². The molecule has 130 valence electrons. The van der Waals surface area contributed by atoms with Crippen LogP contribution in [0.1, 0.15) is 15.2 Å². The number of thiophene rings is 1. The standard InChI is InChI=1S/C18H11Cl2N3OS2/c19-12-3-4-13-15(8-12)26-18(22-13)23(10-11-2-1-7-21-9-11)17(24)14-5-6-16(20)25-14/h1-9H,10H2. The first-order valence-corrected chi connectivity index (χ1v) is 10.0. The number of aromatic nitrogens is 2. The van der Waals surface area contributed by atoms with E-state index >= 15 is 0 Å². The molecule has 4 aromatic rings. The van der Waals surface area contributed by atoms with Crippen LogP contribution in [0, 0.1) is 0 Å². The summed E-state index contributed by atoms with van der Waals surface area (Å²) in [4.78, 5) is 24.1. The van der Waals surface area contributed by atoms with Gasteiger partial charge in [-0.25, -0.2) is 4.98 Å². The van der Waals surface area contributed by atoms with E-state index in [2.05, 4.69) is 9.97 Å². The van der Waals surface area contributed by atoms with Gasteiger partial charge in [-0.1, -0.05) is 40.6 Å². The Morgan fingerprint density at radius 3 is 2.73 bits per heavy atom. The van der Waals surface area contributed by atoms with Crippen molar-refractivity contribution in [3.63, 3.8) is 0 Å². The van der Waals surface area contributed by atoms with Crippen molar-refractivity contribution in [1.29, 1.82) is 0 Å². The number of anilines is 1. The maximum atomic E-state index is 13.1. The summed E-state index contributed by atoms with van der Waals surface area (Å²) in [7, 11) is 0. The summed E-state index contributed by atoms with van der Waals surface area (Å²) in [6.07, 6.45) is 3.44. The highest BCUT2D eigenvalue weighted by Gasteiger charge is 2.23. The number of hydrogen-bond acceptors (Lipinski definition) is 5. The maximum Gasteiger partial charge on any atom is 0.270 e. The van der Waals surface area contributed by atoms with Crippen molar-refractivity contribution in [3.05, 3.63) is 74.7 Å². The van der Waals surface area contributed by atoms with Crippen molar-refractivity contribution in [2.45, 2.75) is 6.54 Å².